The van der Waals surface area contributed by atoms with Crippen LogP contribution in [0.3, 0.4) is 0 Å². The molecule has 0 aliphatic rings. The van der Waals surface area contributed by atoms with Gasteiger partial charge in [0.05, 0.1) is 11.0 Å². The molecule has 5 nitrogen and oxygen atoms in total. The maximum atomic E-state index is 13.0. The molecule has 1 aromatic carbocycles. The smallest absolute Gasteiger partial charge is 0.328 e. The largest absolute Gasteiger partial charge is 0.478 e. The monoisotopic (exact) mass is 289 g/mol. The summed E-state index contributed by atoms with van der Waals surface area (Å²) in [6.07, 6.45) is 1.84. The van der Waals surface area contributed by atoms with Crippen molar-refractivity contribution in [2.45, 2.75) is 0 Å². The van der Waals surface area contributed by atoms with Crippen molar-refractivity contribution in [3.63, 3.8) is 0 Å². The first-order chi connectivity index (χ1) is 7.41. The van der Waals surface area contributed by atoms with Crippen LogP contribution in [-0.4, -0.2) is 16.0 Å². The number of carbonyl (C=O) groups is 1. The van der Waals surface area contributed by atoms with E-state index in [9.17, 15) is 19.3 Å². The molecule has 16 heavy (non-hydrogen) atoms. The Kier molecular flexibility index (Phi) is 3.73. The van der Waals surface area contributed by atoms with Crippen molar-refractivity contribution in [3.05, 3.63) is 44.2 Å². The van der Waals surface area contributed by atoms with Crippen molar-refractivity contribution in [1.82, 2.24) is 0 Å². The van der Waals surface area contributed by atoms with E-state index < -0.39 is 22.4 Å². The van der Waals surface area contributed by atoms with Gasteiger partial charge in [-0.1, -0.05) is 0 Å². The van der Waals surface area contributed by atoms with E-state index in [1.807, 2.05) is 0 Å². The van der Waals surface area contributed by atoms with Gasteiger partial charge in [0.25, 0.3) is 5.69 Å². The Balaban J connectivity index is 3.29. The van der Waals surface area contributed by atoms with Gasteiger partial charge in [-0.15, -0.1) is 0 Å². The summed E-state index contributed by atoms with van der Waals surface area (Å²) in [7, 11) is 0. The third-order valence-electron chi connectivity index (χ3n) is 1.65. The van der Waals surface area contributed by atoms with Gasteiger partial charge >= 0.3 is 5.97 Å². The van der Waals surface area contributed by atoms with Crippen LogP contribution in [0.1, 0.15) is 5.56 Å². The van der Waals surface area contributed by atoms with Crippen LogP contribution < -0.4 is 0 Å². The van der Waals surface area contributed by atoms with Gasteiger partial charge in [0.15, 0.2) is 0 Å². The number of nitrogens with zero attached hydrogens (tertiary/aromatic N) is 1. The molecule has 0 saturated carbocycles. The highest BCUT2D eigenvalue weighted by Crippen LogP contribution is 2.30. The summed E-state index contributed by atoms with van der Waals surface area (Å²) < 4.78 is 13.0. The van der Waals surface area contributed by atoms with E-state index in [2.05, 4.69) is 15.9 Å². The molecule has 0 aliphatic carbocycles. The summed E-state index contributed by atoms with van der Waals surface area (Å²) in [5, 5.41) is 18.9. The molecule has 0 atom stereocenters. The minimum absolute atomic E-state index is 0.0383. The molecular formula is C9H5BrFNO4. The van der Waals surface area contributed by atoms with Crippen molar-refractivity contribution >= 4 is 33.7 Å². The molecule has 1 N–H and O–H groups in total. The summed E-state index contributed by atoms with van der Waals surface area (Å²) >= 11 is 2.91. The fraction of sp³-hybridized carbons (Fsp3) is 0. The molecule has 7 heteroatoms. The van der Waals surface area contributed by atoms with Crippen molar-refractivity contribution in [2.75, 3.05) is 0 Å². The molecule has 0 fully saturated rings. The SMILES string of the molecule is O=C(O)C=Cc1cc(F)cc([N+](=O)[O-])c1Br. The lowest BCUT2D eigenvalue weighted by Crippen LogP contribution is -1.93. The third-order valence-corrected chi connectivity index (χ3v) is 2.51. The number of halogens is 2. The van der Waals surface area contributed by atoms with Gasteiger partial charge in [-0.25, -0.2) is 9.18 Å². The van der Waals surface area contributed by atoms with Gasteiger partial charge in [-0.05, 0) is 33.6 Å². The number of hydrogen-bond acceptors (Lipinski definition) is 3. The highest BCUT2D eigenvalue weighted by atomic mass is 79.9. The zero-order valence-electron chi connectivity index (χ0n) is 7.68. The van der Waals surface area contributed by atoms with Crippen LogP contribution in [0.4, 0.5) is 10.1 Å². The Morgan fingerprint density at radius 1 is 1.56 bits per heavy atom. The van der Waals surface area contributed by atoms with E-state index in [-0.39, 0.29) is 10.0 Å². The van der Waals surface area contributed by atoms with Crippen molar-refractivity contribution in [3.8, 4) is 0 Å². The van der Waals surface area contributed by atoms with Gasteiger partial charge in [-0.2, -0.15) is 0 Å². The molecule has 84 valence electrons. The Labute approximate surface area is 97.5 Å². The third kappa shape index (κ3) is 2.86. The first-order valence-electron chi connectivity index (χ1n) is 3.96. The van der Waals surface area contributed by atoms with E-state index >= 15 is 0 Å². The molecule has 0 spiro atoms. The Hall–Kier alpha value is -1.76. The molecule has 0 radical (unpaired) electrons. The molecule has 1 aromatic rings. The summed E-state index contributed by atoms with van der Waals surface area (Å²) in [6.45, 7) is 0. The van der Waals surface area contributed by atoms with Crippen LogP contribution in [0.2, 0.25) is 0 Å². The fourth-order valence-corrected chi connectivity index (χ4v) is 1.52. The number of aliphatic carboxylic acids is 1. The Bertz CT molecular complexity index is 487. The predicted octanol–water partition coefficient (Wildman–Crippen LogP) is 2.59. The number of nitro benzene ring substituents is 1. The molecule has 1 rings (SSSR count). The zero-order chi connectivity index (χ0) is 12.3. The average molecular weight is 290 g/mol. The molecule has 0 aromatic heterocycles. The number of carboxylic acids is 1. The molecule has 0 saturated heterocycles. The lowest BCUT2D eigenvalue weighted by atomic mass is 10.2. The van der Waals surface area contributed by atoms with Gasteiger partial charge in [0, 0.05) is 6.08 Å². The number of carboxylic acid groups (broad SMARTS) is 1. The zero-order valence-corrected chi connectivity index (χ0v) is 9.27. The van der Waals surface area contributed by atoms with Crippen LogP contribution in [0.5, 0.6) is 0 Å². The van der Waals surface area contributed by atoms with Crippen molar-refractivity contribution in [2.24, 2.45) is 0 Å². The Morgan fingerprint density at radius 2 is 2.19 bits per heavy atom. The highest BCUT2D eigenvalue weighted by Gasteiger charge is 2.16. The predicted molar refractivity (Wildman–Crippen MR) is 57.4 cm³/mol. The van der Waals surface area contributed by atoms with Crippen molar-refractivity contribution < 1.29 is 19.2 Å². The van der Waals surface area contributed by atoms with Crippen LogP contribution in [0.15, 0.2) is 22.7 Å². The number of benzene rings is 1. The van der Waals surface area contributed by atoms with Crippen LogP contribution in [-0.2, 0) is 4.79 Å². The number of nitro groups is 1. The summed E-state index contributed by atoms with van der Waals surface area (Å²) in [5.74, 6) is -2.03. The lowest BCUT2D eigenvalue weighted by Gasteiger charge is -2.00. The molecule has 0 bridgehead atoms. The highest BCUT2D eigenvalue weighted by molar-refractivity contribution is 9.10. The Morgan fingerprint density at radius 3 is 2.69 bits per heavy atom. The summed E-state index contributed by atoms with van der Waals surface area (Å²) in [5.41, 5.74) is -0.362. The molecule has 0 aliphatic heterocycles. The number of rotatable bonds is 3. The maximum absolute atomic E-state index is 13.0. The normalized spacial score (nSPS) is 10.6. The van der Waals surface area contributed by atoms with Crippen LogP contribution in [0.25, 0.3) is 6.08 Å². The first-order valence-corrected chi connectivity index (χ1v) is 4.75. The van der Waals surface area contributed by atoms with Crippen LogP contribution >= 0.6 is 15.9 Å². The molecule has 0 unspecified atom stereocenters. The van der Waals surface area contributed by atoms with Crippen LogP contribution in [0, 0.1) is 15.9 Å². The second-order valence-corrected chi connectivity index (χ2v) is 3.55. The van der Waals surface area contributed by atoms with E-state index in [1.54, 1.807) is 0 Å². The minimum atomic E-state index is -1.22. The molecular weight excluding hydrogens is 285 g/mol. The standard InChI is InChI=1S/C9H5BrFNO4/c10-9-5(1-2-8(13)14)3-6(11)4-7(9)12(15)16/h1-4H,(H,13,14). The molecule has 0 heterocycles. The first kappa shape index (κ1) is 12.3. The van der Waals surface area contributed by atoms with Gasteiger partial charge in [0.2, 0.25) is 0 Å². The second kappa shape index (κ2) is 4.84. The fourth-order valence-electron chi connectivity index (χ4n) is 1.01. The van der Waals surface area contributed by atoms with Gasteiger partial charge in [-0.3, -0.25) is 10.1 Å². The average Bonchev–Trinajstić information content (AvgIpc) is 2.18. The minimum Gasteiger partial charge on any atom is -0.478 e. The lowest BCUT2D eigenvalue weighted by molar-refractivity contribution is -0.385. The second-order valence-electron chi connectivity index (χ2n) is 2.76. The topological polar surface area (TPSA) is 80.4 Å². The molecule has 0 amide bonds. The maximum Gasteiger partial charge on any atom is 0.328 e. The quantitative estimate of drug-likeness (QED) is 0.527. The van der Waals surface area contributed by atoms with E-state index in [0.717, 1.165) is 24.3 Å². The summed E-state index contributed by atoms with van der Waals surface area (Å²) in [4.78, 5) is 20.0. The van der Waals surface area contributed by atoms with E-state index in [4.69, 9.17) is 5.11 Å². The van der Waals surface area contributed by atoms with E-state index in [1.165, 1.54) is 0 Å². The van der Waals surface area contributed by atoms with Crippen molar-refractivity contribution in [1.29, 1.82) is 0 Å². The van der Waals surface area contributed by atoms with Gasteiger partial charge < -0.3 is 5.11 Å². The summed E-state index contributed by atoms with van der Waals surface area (Å²) in [6, 6.07) is 1.75. The number of hydrogen-bond donors (Lipinski definition) is 1. The van der Waals surface area contributed by atoms with Gasteiger partial charge in [0.1, 0.15) is 10.3 Å². The van der Waals surface area contributed by atoms with E-state index in [0.29, 0.717) is 0 Å².